The summed E-state index contributed by atoms with van der Waals surface area (Å²) in [6, 6.07) is 11.5. The summed E-state index contributed by atoms with van der Waals surface area (Å²) in [5, 5.41) is 18.8. The third-order valence-corrected chi connectivity index (χ3v) is 4.11. The van der Waals surface area contributed by atoms with Crippen molar-refractivity contribution in [2.75, 3.05) is 18.1 Å². The van der Waals surface area contributed by atoms with Gasteiger partial charge < -0.3 is 15.1 Å². The van der Waals surface area contributed by atoms with E-state index in [0.29, 0.717) is 0 Å². The smallest absolute Gasteiger partial charge is 0.117 e. The van der Waals surface area contributed by atoms with E-state index in [1.807, 2.05) is 12.1 Å². The topological polar surface area (TPSA) is 43.7 Å². The standard InChI is InChI=1S/C18H22BrNO2/c1-13-10-15(19)11-14(2)18(13)20(8-3-4-9-21)16-6-5-7-17(22)12-16/h5-7,10-12,21-22H,3-4,8-9H2,1-2H3. The van der Waals surface area contributed by atoms with E-state index < -0.39 is 0 Å². The third kappa shape index (κ3) is 4.02. The fourth-order valence-corrected chi connectivity index (χ4v) is 3.43. The van der Waals surface area contributed by atoms with Crippen molar-refractivity contribution in [3.63, 3.8) is 0 Å². The Kier molecular flexibility index (Phi) is 5.86. The number of phenols is 1. The summed E-state index contributed by atoms with van der Waals surface area (Å²) in [5.41, 5.74) is 4.48. The van der Waals surface area contributed by atoms with Crippen LogP contribution in [0.1, 0.15) is 24.0 Å². The predicted molar refractivity (Wildman–Crippen MR) is 95.0 cm³/mol. The molecular weight excluding hydrogens is 342 g/mol. The number of unbranched alkanes of at least 4 members (excludes halogenated alkanes) is 1. The number of aliphatic hydroxyl groups is 1. The number of benzene rings is 2. The second kappa shape index (κ2) is 7.65. The molecular formula is C18H22BrNO2. The molecule has 0 saturated carbocycles. The molecule has 0 atom stereocenters. The minimum absolute atomic E-state index is 0.201. The first kappa shape index (κ1) is 16.8. The van der Waals surface area contributed by atoms with Crippen LogP contribution >= 0.6 is 15.9 Å². The van der Waals surface area contributed by atoms with Crippen molar-refractivity contribution in [1.29, 1.82) is 0 Å². The zero-order valence-corrected chi connectivity index (χ0v) is 14.6. The van der Waals surface area contributed by atoms with Crippen molar-refractivity contribution in [2.45, 2.75) is 26.7 Å². The summed E-state index contributed by atoms with van der Waals surface area (Å²) in [7, 11) is 0. The summed E-state index contributed by atoms with van der Waals surface area (Å²) in [4.78, 5) is 2.21. The molecule has 0 spiro atoms. The predicted octanol–water partition coefficient (Wildman–Crippen LogP) is 4.68. The zero-order chi connectivity index (χ0) is 16.1. The Balaban J connectivity index is 2.44. The van der Waals surface area contributed by atoms with Gasteiger partial charge in [-0.1, -0.05) is 22.0 Å². The van der Waals surface area contributed by atoms with Crippen molar-refractivity contribution in [3.05, 3.63) is 52.0 Å². The maximum absolute atomic E-state index is 9.79. The molecule has 0 aliphatic heterocycles. The average molecular weight is 364 g/mol. The van der Waals surface area contributed by atoms with Crippen LogP contribution in [0.3, 0.4) is 0 Å². The molecule has 0 aliphatic carbocycles. The van der Waals surface area contributed by atoms with E-state index >= 15 is 0 Å². The molecule has 0 fully saturated rings. The first-order valence-corrected chi connectivity index (χ1v) is 8.26. The summed E-state index contributed by atoms with van der Waals surface area (Å²) < 4.78 is 1.07. The Labute approximate surface area is 140 Å². The Morgan fingerprint density at radius 2 is 1.73 bits per heavy atom. The summed E-state index contributed by atoms with van der Waals surface area (Å²) >= 11 is 3.54. The minimum atomic E-state index is 0.201. The van der Waals surface area contributed by atoms with Gasteiger partial charge in [0.25, 0.3) is 0 Å². The maximum Gasteiger partial charge on any atom is 0.117 e. The normalized spacial score (nSPS) is 10.7. The van der Waals surface area contributed by atoms with Crippen molar-refractivity contribution in [3.8, 4) is 5.75 Å². The lowest BCUT2D eigenvalue weighted by molar-refractivity contribution is 0.285. The molecule has 0 aromatic heterocycles. The number of rotatable bonds is 6. The number of hydrogen-bond donors (Lipinski definition) is 2. The Hall–Kier alpha value is -1.52. The summed E-state index contributed by atoms with van der Waals surface area (Å²) in [6.45, 7) is 5.18. The largest absolute Gasteiger partial charge is 0.508 e. The molecule has 0 unspecified atom stereocenters. The molecule has 0 bridgehead atoms. The monoisotopic (exact) mass is 363 g/mol. The van der Waals surface area contributed by atoms with Crippen LogP contribution < -0.4 is 4.90 Å². The van der Waals surface area contributed by atoms with Crippen LogP contribution in [0.5, 0.6) is 5.75 Å². The molecule has 2 rings (SSSR count). The van der Waals surface area contributed by atoms with Crippen LogP contribution in [0, 0.1) is 13.8 Å². The number of hydrogen-bond acceptors (Lipinski definition) is 3. The van der Waals surface area contributed by atoms with Crippen LogP contribution in [0.25, 0.3) is 0 Å². The quantitative estimate of drug-likeness (QED) is 0.732. The number of nitrogens with zero attached hydrogens (tertiary/aromatic N) is 1. The van der Waals surface area contributed by atoms with E-state index in [1.54, 1.807) is 12.1 Å². The molecule has 0 aliphatic rings. The number of halogens is 1. The van der Waals surface area contributed by atoms with E-state index in [2.05, 4.69) is 46.8 Å². The highest BCUT2D eigenvalue weighted by Crippen LogP contribution is 2.35. The molecule has 4 heteroatoms. The number of aryl methyl sites for hydroxylation is 2. The van der Waals surface area contributed by atoms with Gasteiger partial charge in [0, 0.05) is 35.1 Å². The molecule has 0 saturated heterocycles. The van der Waals surface area contributed by atoms with Gasteiger partial charge in [-0.3, -0.25) is 0 Å². The third-order valence-electron chi connectivity index (χ3n) is 3.66. The van der Waals surface area contributed by atoms with Gasteiger partial charge in [0.05, 0.1) is 0 Å². The molecule has 3 nitrogen and oxygen atoms in total. The van der Waals surface area contributed by atoms with Crippen LogP contribution in [0.4, 0.5) is 11.4 Å². The van der Waals surface area contributed by atoms with Crippen LogP contribution in [0.2, 0.25) is 0 Å². The summed E-state index contributed by atoms with van der Waals surface area (Å²) in [6.07, 6.45) is 1.66. The van der Waals surface area contributed by atoms with Crippen LogP contribution in [0.15, 0.2) is 40.9 Å². The second-order valence-corrected chi connectivity index (χ2v) is 6.41. The van der Waals surface area contributed by atoms with E-state index in [4.69, 9.17) is 5.11 Å². The van der Waals surface area contributed by atoms with Crippen molar-refractivity contribution < 1.29 is 10.2 Å². The molecule has 2 aromatic rings. The van der Waals surface area contributed by atoms with Gasteiger partial charge in [-0.05, 0) is 62.1 Å². The number of phenolic OH excluding ortho intramolecular Hbond substituents is 1. The average Bonchev–Trinajstić information content (AvgIpc) is 2.44. The van der Waals surface area contributed by atoms with E-state index in [0.717, 1.165) is 35.2 Å². The first-order chi connectivity index (χ1) is 10.5. The Bertz CT molecular complexity index is 620. The van der Waals surface area contributed by atoms with Gasteiger partial charge in [0.2, 0.25) is 0 Å². The number of aliphatic hydroxyl groups excluding tert-OH is 1. The van der Waals surface area contributed by atoms with Crippen LogP contribution in [-0.4, -0.2) is 23.4 Å². The van der Waals surface area contributed by atoms with Crippen LogP contribution in [-0.2, 0) is 0 Å². The fourth-order valence-electron chi connectivity index (χ4n) is 2.74. The van der Waals surface area contributed by atoms with E-state index in [-0.39, 0.29) is 12.4 Å². The molecule has 118 valence electrons. The molecule has 0 amide bonds. The minimum Gasteiger partial charge on any atom is -0.508 e. The Morgan fingerprint density at radius 1 is 1.05 bits per heavy atom. The van der Waals surface area contributed by atoms with Gasteiger partial charge >= 0.3 is 0 Å². The lowest BCUT2D eigenvalue weighted by atomic mass is 10.1. The SMILES string of the molecule is Cc1cc(Br)cc(C)c1N(CCCCO)c1cccc(O)c1. The first-order valence-electron chi connectivity index (χ1n) is 7.47. The molecule has 2 N–H and O–H groups in total. The highest BCUT2D eigenvalue weighted by Gasteiger charge is 2.15. The van der Waals surface area contributed by atoms with Crippen molar-refractivity contribution >= 4 is 27.3 Å². The van der Waals surface area contributed by atoms with Gasteiger partial charge in [0.1, 0.15) is 5.75 Å². The zero-order valence-electron chi connectivity index (χ0n) is 13.0. The Morgan fingerprint density at radius 3 is 2.32 bits per heavy atom. The van der Waals surface area contributed by atoms with Crippen molar-refractivity contribution in [1.82, 2.24) is 0 Å². The van der Waals surface area contributed by atoms with E-state index in [9.17, 15) is 5.11 Å². The second-order valence-electron chi connectivity index (χ2n) is 5.49. The van der Waals surface area contributed by atoms with Gasteiger partial charge in [-0.2, -0.15) is 0 Å². The molecule has 22 heavy (non-hydrogen) atoms. The fraction of sp³-hybridized carbons (Fsp3) is 0.333. The highest BCUT2D eigenvalue weighted by atomic mass is 79.9. The van der Waals surface area contributed by atoms with Gasteiger partial charge in [-0.25, -0.2) is 0 Å². The number of anilines is 2. The summed E-state index contributed by atoms with van der Waals surface area (Å²) in [5.74, 6) is 0.261. The highest BCUT2D eigenvalue weighted by molar-refractivity contribution is 9.10. The van der Waals surface area contributed by atoms with Gasteiger partial charge in [0.15, 0.2) is 0 Å². The number of aromatic hydroxyl groups is 1. The molecule has 0 heterocycles. The lowest BCUT2D eigenvalue weighted by Gasteiger charge is -2.28. The lowest BCUT2D eigenvalue weighted by Crippen LogP contribution is -2.20. The molecule has 0 radical (unpaired) electrons. The van der Waals surface area contributed by atoms with Crippen molar-refractivity contribution in [2.24, 2.45) is 0 Å². The maximum atomic E-state index is 9.79. The molecule has 2 aromatic carbocycles. The van der Waals surface area contributed by atoms with Gasteiger partial charge in [-0.15, -0.1) is 0 Å². The van der Waals surface area contributed by atoms with E-state index in [1.165, 1.54) is 11.1 Å².